The zero-order chi connectivity index (χ0) is 19.9. The normalized spacial score (nSPS) is 13.9. The molecule has 3 rings (SSSR count). The molecule has 1 fully saturated rings. The third-order valence-electron chi connectivity index (χ3n) is 4.97. The highest BCUT2D eigenvalue weighted by Gasteiger charge is 2.15. The Morgan fingerprint density at radius 3 is 2.43 bits per heavy atom. The predicted octanol–water partition coefficient (Wildman–Crippen LogP) is 3.60. The number of anilines is 2. The van der Waals surface area contributed by atoms with Gasteiger partial charge in [-0.2, -0.15) is 0 Å². The van der Waals surface area contributed by atoms with E-state index in [4.69, 9.17) is 0 Å². The molecule has 5 nitrogen and oxygen atoms in total. The van der Waals surface area contributed by atoms with Gasteiger partial charge < -0.3 is 15.1 Å². The van der Waals surface area contributed by atoms with Crippen LogP contribution in [0.3, 0.4) is 0 Å². The molecule has 1 saturated heterocycles. The van der Waals surface area contributed by atoms with Gasteiger partial charge in [-0.05, 0) is 61.7 Å². The molecule has 2 aromatic carbocycles. The maximum absolute atomic E-state index is 13.2. The van der Waals surface area contributed by atoms with Crippen molar-refractivity contribution in [2.45, 2.75) is 26.2 Å². The van der Waals surface area contributed by atoms with Gasteiger partial charge in [-0.3, -0.25) is 9.59 Å². The van der Waals surface area contributed by atoms with E-state index in [2.05, 4.69) is 10.2 Å². The summed E-state index contributed by atoms with van der Waals surface area (Å²) in [6, 6.07) is 13.5. The standard InChI is InChI=1S/C22H26FN3O2/c1-17(27)26(15-12-24-22(28)18-6-5-7-19(23)16-18)21-10-8-20(9-11-21)25-13-3-2-4-14-25/h5-11,16H,2-4,12-15H2,1H3,(H,24,28). The van der Waals surface area contributed by atoms with Crippen LogP contribution in [0.1, 0.15) is 36.5 Å². The average molecular weight is 383 g/mol. The smallest absolute Gasteiger partial charge is 0.251 e. The van der Waals surface area contributed by atoms with E-state index in [1.807, 2.05) is 24.3 Å². The number of nitrogens with one attached hydrogen (secondary N) is 1. The summed E-state index contributed by atoms with van der Waals surface area (Å²) in [4.78, 5) is 28.2. The molecule has 0 saturated carbocycles. The fourth-order valence-corrected chi connectivity index (χ4v) is 3.48. The molecular weight excluding hydrogens is 357 g/mol. The van der Waals surface area contributed by atoms with Crippen LogP contribution in [0.4, 0.5) is 15.8 Å². The average Bonchev–Trinajstić information content (AvgIpc) is 2.71. The molecule has 0 radical (unpaired) electrons. The van der Waals surface area contributed by atoms with Crippen LogP contribution >= 0.6 is 0 Å². The van der Waals surface area contributed by atoms with Crippen molar-refractivity contribution in [1.29, 1.82) is 0 Å². The number of piperidine rings is 1. The summed E-state index contributed by atoms with van der Waals surface area (Å²) in [5.41, 5.74) is 2.24. The molecule has 2 amide bonds. The fraction of sp³-hybridized carbons (Fsp3) is 0.364. The van der Waals surface area contributed by atoms with Gasteiger partial charge in [-0.15, -0.1) is 0 Å². The van der Waals surface area contributed by atoms with Crippen molar-refractivity contribution in [1.82, 2.24) is 5.32 Å². The fourth-order valence-electron chi connectivity index (χ4n) is 3.48. The molecule has 0 unspecified atom stereocenters. The van der Waals surface area contributed by atoms with Gasteiger partial charge in [0.15, 0.2) is 0 Å². The molecule has 28 heavy (non-hydrogen) atoms. The van der Waals surface area contributed by atoms with E-state index in [0.29, 0.717) is 6.54 Å². The number of carbonyl (C=O) groups is 2. The number of benzene rings is 2. The predicted molar refractivity (Wildman–Crippen MR) is 109 cm³/mol. The molecule has 0 aromatic heterocycles. The molecule has 1 aliphatic heterocycles. The van der Waals surface area contributed by atoms with Crippen molar-refractivity contribution in [3.63, 3.8) is 0 Å². The molecule has 148 valence electrons. The first kappa shape index (κ1) is 19.9. The zero-order valence-electron chi connectivity index (χ0n) is 16.2. The Balaban J connectivity index is 1.58. The number of rotatable bonds is 6. The Hall–Kier alpha value is -2.89. The molecule has 1 heterocycles. The molecule has 0 spiro atoms. The van der Waals surface area contributed by atoms with E-state index in [1.54, 1.807) is 11.0 Å². The number of nitrogens with zero attached hydrogens (tertiary/aromatic N) is 2. The lowest BCUT2D eigenvalue weighted by Crippen LogP contribution is -2.37. The molecule has 2 aromatic rings. The molecule has 0 atom stereocenters. The van der Waals surface area contributed by atoms with Crippen molar-refractivity contribution in [3.8, 4) is 0 Å². The summed E-state index contributed by atoms with van der Waals surface area (Å²) >= 11 is 0. The van der Waals surface area contributed by atoms with Gasteiger partial charge >= 0.3 is 0 Å². The van der Waals surface area contributed by atoms with Crippen molar-refractivity contribution in [2.75, 3.05) is 36.0 Å². The maximum atomic E-state index is 13.2. The van der Waals surface area contributed by atoms with Gasteiger partial charge in [-0.1, -0.05) is 6.07 Å². The third-order valence-corrected chi connectivity index (χ3v) is 4.97. The van der Waals surface area contributed by atoms with Crippen LogP contribution in [-0.4, -0.2) is 38.0 Å². The Bertz CT molecular complexity index is 817. The highest BCUT2D eigenvalue weighted by Crippen LogP contribution is 2.23. The Morgan fingerprint density at radius 1 is 1.07 bits per heavy atom. The lowest BCUT2D eigenvalue weighted by Gasteiger charge is -2.29. The summed E-state index contributed by atoms with van der Waals surface area (Å²) in [6.45, 7) is 4.28. The highest BCUT2D eigenvalue weighted by molar-refractivity contribution is 5.94. The van der Waals surface area contributed by atoms with Crippen LogP contribution in [0.25, 0.3) is 0 Å². The van der Waals surface area contributed by atoms with E-state index in [-0.39, 0.29) is 23.9 Å². The molecular formula is C22H26FN3O2. The van der Waals surface area contributed by atoms with Crippen LogP contribution in [0, 0.1) is 5.82 Å². The van der Waals surface area contributed by atoms with E-state index < -0.39 is 5.82 Å². The largest absolute Gasteiger partial charge is 0.372 e. The summed E-state index contributed by atoms with van der Waals surface area (Å²) in [5.74, 6) is -0.902. The molecule has 1 aliphatic rings. The topological polar surface area (TPSA) is 52.7 Å². The summed E-state index contributed by atoms with van der Waals surface area (Å²) in [7, 11) is 0. The zero-order valence-corrected chi connectivity index (χ0v) is 16.2. The molecule has 1 N–H and O–H groups in total. The number of amides is 2. The van der Waals surface area contributed by atoms with Gasteiger partial charge in [-0.25, -0.2) is 4.39 Å². The summed E-state index contributed by atoms with van der Waals surface area (Å²) < 4.78 is 13.2. The van der Waals surface area contributed by atoms with Gasteiger partial charge in [0.25, 0.3) is 5.91 Å². The highest BCUT2D eigenvalue weighted by atomic mass is 19.1. The lowest BCUT2D eigenvalue weighted by molar-refractivity contribution is -0.116. The van der Waals surface area contributed by atoms with Crippen molar-refractivity contribution in [2.24, 2.45) is 0 Å². The Morgan fingerprint density at radius 2 is 1.79 bits per heavy atom. The quantitative estimate of drug-likeness (QED) is 0.829. The minimum absolute atomic E-state index is 0.0919. The Labute approximate surface area is 165 Å². The van der Waals surface area contributed by atoms with E-state index in [1.165, 1.54) is 50.1 Å². The first-order chi connectivity index (χ1) is 13.5. The monoisotopic (exact) mass is 383 g/mol. The van der Waals surface area contributed by atoms with Gasteiger partial charge in [0.05, 0.1) is 0 Å². The van der Waals surface area contributed by atoms with Gasteiger partial charge in [0.2, 0.25) is 5.91 Å². The van der Waals surface area contributed by atoms with Gasteiger partial charge in [0.1, 0.15) is 5.82 Å². The number of hydrogen-bond donors (Lipinski definition) is 1. The summed E-state index contributed by atoms with van der Waals surface area (Å²) in [6.07, 6.45) is 3.71. The van der Waals surface area contributed by atoms with Crippen LogP contribution < -0.4 is 15.1 Å². The van der Waals surface area contributed by atoms with Crippen LogP contribution in [-0.2, 0) is 4.79 Å². The maximum Gasteiger partial charge on any atom is 0.251 e. The molecule has 0 aliphatic carbocycles. The minimum atomic E-state index is -0.452. The minimum Gasteiger partial charge on any atom is -0.372 e. The van der Waals surface area contributed by atoms with Crippen LogP contribution in [0.5, 0.6) is 0 Å². The first-order valence-electron chi connectivity index (χ1n) is 9.71. The second kappa shape index (κ2) is 9.35. The van der Waals surface area contributed by atoms with Crippen LogP contribution in [0.15, 0.2) is 48.5 Å². The molecule has 0 bridgehead atoms. The Kier molecular flexibility index (Phi) is 6.63. The number of carbonyl (C=O) groups excluding carboxylic acids is 2. The van der Waals surface area contributed by atoms with Crippen molar-refractivity contribution < 1.29 is 14.0 Å². The van der Waals surface area contributed by atoms with E-state index >= 15 is 0 Å². The second-order valence-electron chi connectivity index (χ2n) is 7.00. The van der Waals surface area contributed by atoms with E-state index in [9.17, 15) is 14.0 Å². The third kappa shape index (κ3) is 5.09. The van der Waals surface area contributed by atoms with E-state index in [0.717, 1.165) is 18.8 Å². The lowest BCUT2D eigenvalue weighted by atomic mass is 10.1. The number of hydrogen-bond acceptors (Lipinski definition) is 3. The summed E-state index contributed by atoms with van der Waals surface area (Å²) in [5, 5.41) is 2.74. The SMILES string of the molecule is CC(=O)N(CCNC(=O)c1cccc(F)c1)c1ccc(N2CCCCC2)cc1. The second-order valence-corrected chi connectivity index (χ2v) is 7.00. The number of halogens is 1. The molecule has 6 heteroatoms. The van der Waals surface area contributed by atoms with Crippen molar-refractivity contribution in [3.05, 3.63) is 59.9 Å². The van der Waals surface area contributed by atoms with Crippen LogP contribution in [0.2, 0.25) is 0 Å². The first-order valence-corrected chi connectivity index (χ1v) is 9.71. The van der Waals surface area contributed by atoms with Gasteiger partial charge in [0, 0.05) is 50.0 Å². The van der Waals surface area contributed by atoms with Crippen molar-refractivity contribution >= 4 is 23.2 Å².